The van der Waals surface area contributed by atoms with Gasteiger partial charge in [0.1, 0.15) is 11.9 Å². The van der Waals surface area contributed by atoms with Gasteiger partial charge in [-0.15, -0.1) is 5.10 Å². The fourth-order valence-corrected chi connectivity index (χ4v) is 4.18. The Hall–Kier alpha value is -3.16. The average molecular weight is 438 g/mol. The van der Waals surface area contributed by atoms with Gasteiger partial charge in [-0.1, -0.05) is 20.8 Å². The molecule has 8 heteroatoms. The van der Waals surface area contributed by atoms with Gasteiger partial charge < -0.3 is 19.9 Å². The molecule has 0 saturated carbocycles. The predicted octanol–water partition coefficient (Wildman–Crippen LogP) is 2.97. The number of carbonyl (C=O) groups excluding carboxylic acids is 2. The SMILES string of the molecule is CC(C)(C)C(=O)N1CC[C@H](Oc2ccc(NC(=O)C3CCN(c4cccnn4)C3)cc2)C1. The predicted molar refractivity (Wildman–Crippen MR) is 122 cm³/mol. The van der Waals surface area contributed by atoms with Gasteiger partial charge in [0.15, 0.2) is 5.82 Å². The molecule has 2 saturated heterocycles. The van der Waals surface area contributed by atoms with Gasteiger partial charge in [-0.05, 0) is 42.8 Å². The zero-order chi connectivity index (χ0) is 22.7. The number of nitrogens with zero attached hydrogens (tertiary/aromatic N) is 4. The van der Waals surface area contributed by atoms with Crippen LogP contribution in [0.1, 0.15) is 33.6 Å². The van der Waals surface area contributed by atoms with Gasteiger partial charge in [0.25, 0.3) is 0 Å². The largest absolute Gasteiger partial charge is 0.489 e. The monoisotopic (exact) mass is 437 g/mol. The third-order valence-electron chi connectivity index (χ3n) is 5.94. The molecule has 2 atom stereocenters. The topological polar surface area (TPSA) is 87.7 Å². The molecular formula is C24H31N5O3. The van der Waals surface area contributed by atoms with E-state index in [0.29, 0.717) is 13.1 Å². The summed E-state index contributed by atoms with van der Waals surface area (Å²) < 4.78 is 6.07. The van der Waals surface area contributed by atoms with Gasteiger partial charge in [0.05, 0.1) is 12.5 Å². The molecule has 2 amide bonds. The van der Waals surface area contributed by atoms with Crippen LogP contribution in [0.2, 0.25) is 0 Å². The van der Waals surface area contributed by atoms with E-state index >= 15 is 0 Å². The van der Waals surface area contributed by atoms with E-state index in [1.165, 1.54) is 0 Å². The minimum atomic E-state index is -0.375. The Bertz CT molecular complexity index is 942. The van der Waals surface area contributed by atoms with Crippen molar-refractivity contribution >= 4 is 23.3 Å². The van der Waals surface area contributed by atoms with Gasteiger partial charge in [-0.25, -0.2) is 0 Å². The van der Waals surface area contributed by atoms with Crippen LogP contribution in [0.3, 0.4) is 0 Å². The van der Waals surface area contributed by atoms with Crippen LogP contribution in [0, 0.1) is 11.3 Å². The van der Waals surface area contributed by atoms with Crippen LogP contribution in [0.15, 0.2) is 42.6 Å². The van der Waals surface area contributed by atoms with Gasteiger partial charge >= 0.3 is 0 Å². The van der Waals surface area contributed by atoms with Crippen molar-refractivity contribution in [3.63, 3.8) is 0 Å². The summed E-state index contributed by atoms with van der Waals surface area (Å²) >= 11 is 0. The van der Waals surface area contributed by atoms with Gasteiger partial charge in [0.2, 0.25) is 11.8 Å². The molecule has 8 nitrogen and oxygen atoms in total. The summed E-state index contributed by atoms with van der Waals surface area (Å²) in [6.07, 6.45) is 3.25. The maximum atomic E-state index is 12.7. The number of benzene rings is 1. The number of likely N-dealkylation sites (tertiary alicyclic amines) is 1. The minimum absolute atomic E-state index is 0.00713. The van der Waals surface area contributed by atoms with E-state index in [2.05, 4.69) is 20.4 Å². The van der Waals surface area contributed by atoms with Crippen molar-refractivity contribution in [1.29, 1.82) is 0 Å². The quantitative estimate of drug-likeness (QED) is 0.774. The van der Waals surface area contributed by atoms with Crippen LogP contribution < -0.4 is 15.0 Å². The molecule has 4 rings (SSSR count). The molecule has 2 fully saturated rings. The highest BCUT2D eigenvalue weighted by Gasteiger charge is 2.33. The van der Waals surface area contributed by atoms with E-state index < -0.39 is 0 Å². The van der Waals surface area contributed by atoms with Crippen molar-refractivity contribution in [2.75, 3.05) is 36.4 Å². The molecule has 1 N–H and O–H groups in total. The van der Waals surface area contributed by atoms with E-state index in [9.17, 15) is 9.59 Å². The zero-order valence-electron chi connectivity index (χ0n) is 19.0. The first-order chi connectivity index (χ1) is 15.3. The second-order valence-corrected chi connectivity index (χ2v) is 9.56. The average Bonchev–Trinajstić information content (AvgIpc) is 3.45. The smallest absolute Gasteiger partial charge is 0.229 e. The minimum Gasteiger partial charge on any atom is -0.489 e. The Balaban J connectivity index is 1.26. The number of anilines is 2. The standard InChI is InChI=1S/C24H31N5O3/c1-24(2,3)23(31)29-14-11-20(16-29)32-19-8-6-18(7-9-19)26-22(30)17-10-13-28(15-17)21-5-4-12-25-27-21/h4-9,12,17,20H,10-11,13-16H2,1-3H3,(H,26,30)/t17?,20-/m0/s1. The number of nitrogens with one attached hydrogen (secondary N) is 1. The fraction of sp³-hybridized carbons (Fsp3) is 0.500. The second-order valence-electron chi connectivity index (χ2n) is 9.56. The normalized spacial score (nSPS) is 21.0. The molecule has 0 radical (unpaired) electrons. The molecule has 1 unspecified atom stereocenters. The van der Waals surface area contributed by atoms with Crippen molar-refractivity contribution in [1.82, 2.24) is 15.1 Å². The first-order valence-electron chi connectivity index (χ1n) is 11.2. The Morgan fingerprint density at radius 2 is 1.84 bits per heavy atom. The number of hydrogen-bond donors (Lipinski definition) is 1. The summed E-state index contributed by atoms with van der Waals surface area (Å²) in [5.74, 6) is 1.63. The lowest BCUT2D eigenvalue weighted by molar-refractivity contribution is -0.138. The Morgan fingerprint density at radius 3 is 2.53 bits per heavy atom. The molecule has 2 aliphatic heterocycles. The highest BCUT2D eigenvalue weighted by atomic mass is 16.5. The molecular weight excluding hydrogens is 406 g/mol. The number of rotatable bonds is 5. The van der Waals surface area contributed by atoms with E-state index in [0.717, 1.165) is 43.2 Å². The third kappa shape index (κ3) is 5.18. The number of ether oxygens (including phenoxy) is 1. The first-order valence-corrected chi connectivity index (χ1v) is 11.2. The highest BCUT2D eigenvalue weighted by molar-refractivity contribution is 5.93. The highest BCUT2D eigenvalue weighted by Crippen LogP contribution is 2.26. The molecule has 32 heavy (non-hydrogen) atoms. The molecule has 170 valence electrons. The van der Waals surface area contributed by atoms with E-state index in [1.54, 1.807) is 6.20 Å². The number of amides is 2. The Labute approximate surface area is 188 Å². The van der Waals surface area contributed by atoms with Gasteiger partial charge in [-0.3, -0.25) is 9.59 Å². The summed E-state index contributed by atoms with van der Waals surface area (Å²) in [6.45, 7) is 8.58. The lowest BCUT2D eigenvalue weighted by Gasteiger charge is -2.25. The van der Waals surface area contributed by atoms with Crippen LogP contribution in [0.25, 0.3) is 0 Å². The Kier molecular flexibility index (Phi) is 6.30. The molecule has 2 aromatic rings. The van der Waals surface area contributed by atoms with E-state index in [1.807, 2.05) is 62.1 Å². The van der Waals surface area contributed by atoms with Crippen molar-refractivity contribution in [2.45, 2.75) is 39.7 Å². The maximum absolute atomic E-state index is 12.7. The molecule has 1 aromatic carbocycles. The summed E-state index contributed by atoms with van der Waals surface area (Å²) in [6, 6.07) is 11.2. The molecule has 1 aromatic heterocycles. The fourth-order valence-electron chi connectivity index (χ4n) is 4.18. The van der Waals surface area contributed by atoms with Gasteiger partial charge in [-0.2, -0.15) is 5.10 Å². The molecule has 2 aliphatic rings. The van der Waals surface area contributed by atoms with Crippen LogP contribution in [-0.4, -0.2) is 59.2 Å². The van der Waals surface area contributed by atoms with Crippen molar-refractivity contribution in [3.05, 3.63) is 42.6 Å². The van der Waals surface area contributed by atoms with E-state index in [-0.39, 0.29) is 29.3 Å². The van der Waals surface area contributed by atoms with Crippen molar-refractivity contribution in [2.24, 2.45) is 11.3 Å². The van der Waals surface area contributed by atoms with Gasteiger partial charge in [0, 0.05) is 43.4 Å². The molecule has 0 aliphatic carbocycles. The molecule has 0 bridgehead atoms. The second kappa shape index (κ2) is 9.14. The van der Waals surface area contributed by atoms with Crippen molar-refractivity contribution in [3.8, 4) is 5.75 Å². The summed E-state index contributed by atoms with van der Waals surface area (Å²) in [5.41, 5.74) is 0.371. The van der Waals surface area contributed by atoms with E-state index in [4.69, 9.17) is 4.74 Å². The number of hydrogen-bond acceptors (Lipinski definition) is 6. The lowest BCUT2D eigenvalue weighted by Crippen LogP contribution is -2.38. The summed E-state index contributed by atoms with van der Waals surface area (Å²) in [4.78, 5) is 29.1. The maximum Gasteiger partial charge on any atom is 0.229 e. The van der Waals surface area contributed by atoms with Crippen LogP contribution in [0.5, 0.6) is 5.75 Å². The van der Waals surface area contributed by atoms with Crippen LogP contribution >= 0.6 is 0 Å². The van der Waals surface area contributed by atoms with Crippen LogP contribution in [-0.2, 0) is 9.59 Å². The first kappa shape index (κ1) is 22.0. The third-order valence-corrected chi connectivity index (χ3v) is 5.94. The Morgan fingerprint density at radius 1 is 1.06 bits per heavy atom. The molecule has 0 spiro atoms. The zero-order valence-corrected chi connectivity index (χ0v) is 19.0. The molecule has 3 heterocycles. The number of carbonyl (C=O) groups is 2. The number of aromatic nitrogens is 2. The summed E-state index contributed by atoms with van der Waals surface area (Å²) in [7, 11) is 0. The van der Waals surface area contributed by atoms with Crippen LogP contribution in [0.4, 0.5) is 11.5 Å². The lowest BCUT2D eigenvalue weighted by atomic mass is 9.95. The van der Waals surface area contributed by atoms with Crippen molar-refractivity contribution < 1.29 is 14.3 Å². The summed E-state index contributed by atoms with van der Waals surface area (Å²) in [5, 5.41) is 11.0.